The lowest BCUT2D eigenvalue weighted by molar-refractivity contribution is 0.100. The fourth-order valence-electron chi connectivity index (χ4n) is 1.43. The predicted octanol–water partition coefficient (Wildman–Crippen LogP) is 2.20. The van der Waals surface area contributed by atoms with E-state index in [1.165, 1.54) is 12.3 Å². The molecule has 0 aliphatic carbocycles. The number of amides is 1. The highest BCUT2D eigenvalue weighted by Gasteiger charge is 2.10. The highest BCUT2D eigenvalue weighted by molar-refractivity contribution is 9.10. The van der Waals surface area contributed by atoms with E-state index in [0.29, 0.717) is 23.6 Å². The molecule has 1 amide bonds. The lowest BCUT2D eigenvalue weighted by Crippen LogP contribution is -2.15. The monoisotopic (exact) mass is 326 g/mol. The van der Waals surface area contributed by atoms with Gasteiger partial charge in [-0.1, -0.05) is 0 Å². The summed E-state index contributed by atoms with van der Waals surface area (Å²) in [6.07, 6.45) is 1.49. The van der Waals surface area contributed by atoms with Gasteiger partial charge in [-0.3, -0.25) is 4.79 Å². The van der Waals surface area contributed by atoms with E-state index in [4.69, 9.17) is 11.5 Å². The van der Waals surface area contributed by atoms with Gasteiger partial charge in [0.2, 0.25) is 0 Å². The van der Waals surface area contributed by atoms with Crippen molar-refractivity contribution < 1.29 is 4.79 Å². The van der Waals surface area contributed by atoms with Crippen molar-refractivity contribution in [2.45, 2.75) is 6.54 Å². The number of carbonyl (C=O) groups excluding carboxylic acids is 1. The number of hydrogen-bond donors (Lipinski definition) is 3. The highest BCUT2D eigenvalue weighted by atomic mass is 79.9. The molecular weight excluding hydrogens is 316 g/mol. The fourth-order valence-corrected chi connectivity index (χ4v) is 2.82. The van der Waals surface area contributed by atoms with Gasteiger partial charge in [-0.25, -0.2) is 4.98 Å². The zero-order chi connectivity index (χ0) is 13.1. The Kier molecular flexibility index (Phi) is 3.83. The molecule has 0 saturated carbocycles. The van der Waals surface area contributed by atoms with Crippen molar-refractivity contribution in [3.8, 4) is 0 Å². The van der Waals surface area contributed by atoms with Crippen LogP contribution in [0.5, 0.6) is 0 Å². The number of halogens is 1. The number of nitrogens with zero attached hydrogens (tertiary/aromatic N) is 1. The maximum absolute atomic E-state index is 11.3. The number of aromatic nitrogens is 1. The molecule has 18 heavy (non-hydrogen) atoms. The molecule has 2 rings (SSSR count). The van der Waals surface area contributed by atoms with E-state index in [9.17, 15) is 4.79 Å². The van der Waals surface area contributed by atoms with Crippen molar-refractivity contribution in [3.05, 3.63) is 38.6 Å². The minimum atomic E-state index is -0.551. The van der Waals surface area contributed by atoms with Gasteiger partial charge in [0.05, 0.1) is 24.0 Å². The zero-order valence-corrected chi connectivity index (χ0v) is 11.7. The number of thiophene rings is 1. The van der Waals surface area contributed by atoms with Crippen molar-refractivity contribution in [1.82, 2.24) is 4.98 Å². The first-order valence-corrected chi connectivity index (χ1v) is 6.75. The standard InChI is InChI=1S/C11H11BrN4OS/c12-6-1-8(18-5-6)4-16-11-9(10(14)17)2-7(13)3-15-11/h1-3,5H,4,13H2,(H2,14,17)(H,15,16). The van der Waals surface area contributed by atoms with Crippen molar-refractivity contribution in [1.29, 1.82) is 0 Å². The average Bonchev–Trinajstić information content (AvgIpc) is 2.73. The van der Waals surface area contributed by atoms with Crippen molar-refractivity contribution in [3.63, 3.8) is 0 Å². The molecule has 5 N–H and O–H groups in total. The molecular formula is C11H11BrN4OS. The van der Waals surface area contributed by atoms with Gasteiger partial charge >= 0.3 is 0 Å². The number of nitrogen functional groups attached to an aromatic ring is 1. The third kappa shape index (κ3) is 2.99. The summed E-state index contributed by atoms with van der Waals surface area (Å²) in [7, 11) is 0. The molecule has 0 radical (unpaired) electrons. The zero-order valence-electron chi connectivity index (χ0n) is 9.31. The quantitative estimate of drug-likeness (QED) is 0.802. The Balaban J connectivity index is 2.16. The molecule has 5 nitrogen and oxygen atoms in total. The van der Waals surface area contributed by atoms with Crippen LogP contribution in [0.25, 0.3) is 0 Å². The van der Waals surface area contributed by atoms with E-state index in [0.717, 1.165) is 9.35 Å². The van der Waals surface area contributed by atoms with Gasteiger partial charge in [0.1, 0.15) is 5.82 Å². The van der Waals surface area contributed by atoms with Crippen LogP contribution in [0.15, 0.2) is 28.2 Å². The number of nitrogens with one attached hydrogen (secondary N) is 1. The summed E-state index contributed by atoms with van der Waals surface area (Å²) >= 11 is 4.99. The predicted molar refractivity (Wildman–Crippen MR) is 76.5 cm³/mol. The Labute approximate surface area is 116 Å². The third-order valence-electron chi connectivity index (χ3n) is 2.23. The number of pyridine rings is 1. The summed E-state index contributed by atoms with van der Waals surface area (Å²) in [5, 5.41) is 5.06. The van der Waals surface area contributed by atoms with E-state index in [2.05, 4.69) is 26.2 Å². The smallest absolute Gasteiger partial charge is 0.252 e. The van der Waals surface area contributed by atoms with Crippen LogP contribution in [0.1, 0.15) is 15.2 Å². The highest BCUT2D eigenvalue weighted by Crippen LogP contribution is 2.21. The number of carbonyl (C=O) groups is 1. The first kappa shape index (κ1) is 12.8. The molecule has 0 atom stereocenters. The minimum Gasteiger partial charge on any atom is -0.397 e. The molecule has 0 unspecified atom stereocenters. The number of rotatable bonds is 4. The maximum Gasteiger partial charge on any atom is 0.252 e. The van der Waals surface area contributed by atoms with Crippen LogP contribution in [0.4, 0.5) is 11.5 Å². The molecule has 2 aromatic heterocycles. The molecule has 0 aliphatic rings. The van der Waals surface area contributed by atoms with E-state index >= 15 is 0 Å². The number of hydrogen-bond acceptors (Lipinski definition) is 5. The van der Waals surface area contributed by atoms with E-state index in [1.807, 2.05) is 11.4 Å². The van der Waals surface area contributed by atoms with Gasteiger partial charge in [-0.2, -0.15) is 0 Å². The fraction of sp³-hybridized carbons (Fsp3) is 0.0909. The molecule has 0 aliphatic heterocycles. The second kappa shape index (κ2) is 5.36. The minimum absolute atomic E-state index is 0.297. The average molecular weight is 327 g/mol. The molecule has 2 aromatic rings. The Bertz CT molecular complexity index is 584. The summed E-state index contributed by atoms with van der Waals surface area (Å²) in [4.78, 5) is 16.5. The Morgan fingerprint density at radius 1 is 1.50 bits per heavy atom. The largest absolute Gasteiger partial charge is 0.397 e. The third-order valence-corrected chi connectivity index (χ3v) is 3.92. The van der Waals surface area contributed by atoms with Crippen LogP contribution < -0.4 is 16.8 Å². The molecule has 0 fully saturated rings. The van der Waals surface area contributed by atoms with E-state index < -0.39 is 5.91 Å². The van der Waals surface area contributed by atoms with Crippen LogP contribution in [0.3, 0.4) is 0 Å². The Hall–Kier alpha value is -1.60. The molecule has 0 bridgehead atoms. The van der Waals surface area contributed by atoms with Crippen molar-refractivity contribution in [2.75, 3.05) is 11.1 Å². The molecule has 2 heterocycles. The first-order chi connectivity index (χ1) is 8.56. The number of anilines is 2. The van der Waals surface area contributed by atoms with Crippen LogP contribution in [0.2, 0.25) is 0 Å². The van der Waals surface area contributed by atoms with Crippen LogP contribution in [-0.4, -0.2) is 10.9 Å². The topological polar surface area (TPSA) is 94.0 Å². The summed E-state index contributed by atoms with van der Waals surface area (Å²) in [6.45, 7) is 0.577. The molecule has 0 spiro atoms. The summed E-state index contributed by atoms with van der Waals surface area (Å²) in [5.74, 6) is -0.106. The summed E-state index contributed by atoms with van der Waals surface area (Å²) in [6, 6.07) is 3.51. The maximum atomic E-state index is 11.3. The molecule has 0 aromatic carbocycles. The van der Waals surface area contributed by atoms with Crippen molar-refractivity contribution >= 4 is 44.7 Å². The van der Waals surface area contributed by atoms with E-state index in [-0.39, 0.29) is 0 Å². The normalized spacial score (nSPS) is 10.3. The summed E-state index contributed by atoms with van der Waals surface area (Å²) < 4.78 is 1.03. The van der Waals surface area contributed by atoms with Crippen molar-refractivity contribution in [2.24, 2.45) is 5.73 Å². The van der Waals surface area contributed by atoms with Crippen LogP contribution in [-0.2, 0) is 6.54 Å². The lowest BCUT2D eigenvalue weighted by atomic mass is 10.2. The van der Waals surface area contributed by atoms with Crippen LogP contribution in [0, 0.1) is 0 Å². The van der Waals surface area contributed by atoms with E-state index in [1.54, 1.807) is 11.3 Å². The first-order valence-electron chi connectivity index (χ1n) is 5.08. The van der Waals surface area contributed by atoms with Crippen LogP contribution >= 0.6 is 27.3 Å². The number of primary amides is 1. The lowest BCUT2D eigenvalue weighted by Gasteiger charge is -2.08. The van der Waals surface area contributed by atoms with Gasteiger partial charge in [-0.05, 0) is 28.1 Å². The number of nitrogens with two attached hydrogens (primary N) is 2. The summed E-state index contributed by atoms with van der Waals surface area (Å²) in [5.41, 5.74) is 11.6. The second-order valence-electron chi connectivity index (χ2n) is 3.61. The van der Waals surface area contributed by atoms with Gasteiger partial charge in [0.25, 0.3) is 5.91 Å². The van der Waals surface area contributed by atoms with Gasteiger partial charge < -0.3 is 16.8 Å². The molecule has 94 valence electrons. The van der Waals surface area contributed by atoms with Gasteiger partial charge in [-0.15, -0.1) is 11.3 Å². The second-order valence-corrected chi connectivity index (χ2v) is 5.53. The Morgan fingerprint density at radius 2 is 2.28 bits per heavy atom. The van der Waals surface area contributed by atoms with Gasteiger partial charge in [0, 0.05) is 14.7 Å². The molecule has 7 heteroatoms. The SMILES string of the molecule is NC(=O)c1cc(N)cnc1NCc1cc(Br)cs1. The Morgan fingerprint density at radius 3 is 2.89 bits per heavy atom. The molecule has 0 saturated heterocycles. The van der Waals surface area contributed by atoms with Gasteiger partial charge in [0.15, 0.2) is 0 Å².